The zero-order chi connectivity index (χ0) is 41.3. The fraction of sp³-hybridized carbons (Fsp3) is 0.271. The van der Waals surface area contributed by atoms with Crippen molar-refractivity contribution in [2.75, 3.05) is 0 Å². The maximum atomic E-state index is 5.53. The molecule has 2 aromatic rings. The average Bonchev–Trinajstić information content (AvgIpc) is 3.71. The summed E-state index contributed by atoms with van der Waals surface area (Å²) in [5.74, 6) is 1.57. The molecule has 0 radical (unpaired) electrons. The normalized spacial score (nSPS) is 27.3. The number of nitrogens with zero attached hydrogens (tertiary/aromatic N) is 1. The van der Waals surface area contributed by atoms with Crippen LogP contribution in [0.2, 0.25) is 0 Å². The highest BCUT2D eigenvalue weighted by Gasteiger charge is 2.49. The Kier molecular flexibility index (Phi) is 13.0. The van der Waals surface area contributed by atoms with E-state index in [-0.39, 0.29) is 17.3 Å². The average molecular weight is 784 g/mol. The van der Waals surface area contributed by atoms with E-state index >= 15 is 0 Å². The molecule has 1 fully saturated rings. The van der Waals surface area contributed by atoms with Gasteiger partial charge in [0.25, 0.3) is 0 Å². The van der Waals surface area contributed by atoms with Crippen molar-refractivity contribution in [3.05, 3.63) is 251 Å². The number of benzene rings is 2. The fourth-order valence-electron chi connectivity index (χ4n) is 10.5. The Morgan fingerprint density at radius 3 is 2.50 bits per heavy atom. The third-order valence-corrected chi connectivity index (χ3v) is 13.3. The van der Waals surface area contributed by atoms with Gasteiger partial charge in [-0.05, 0) is 90.3 Å². The first-order valence-electron chi connectivity index (χ1n) is 22.5. The molecule has 302 valence electrons. The van der Waals surface area contributed by atoms with Crippen LogP contribution in [0.5, 0.6) is 0 Å². The van der Waals surface area contributed by atoms with Gasteiger partial charge in [-0.25, -0.2) is 0 Å². The summed E-state index contributed by atoms with van der Waals surface area (Å²) in [5, 5.41) is 0. The number of fused-ring (bicyclic) bond motifs is 1. The van der Waals surface area contributed by atoms with E-state index in [1.165, 1.54) is 50.1 Å². The first-order chi connectivity index (χ1) is 29.5. The van der Waals surface area contributed by atoms with Gasteiger partial charge in [-0.15, -0.1) is 0 Å². The van der Waals surface area contributed by atoms with Crippen molar-refractivity contribution in [2.24, 2.45) is 28.7 Å². The van der Waals surface area contributed by atoms with Crippen molar-refractivity contribution in [2.45, 2.75) is 77.0 Å². The third-order valence-electron chi connectivity index (χ3n) is 13.3. The highest BCUT2D eigenvalue weighted by atomic mass is 14.8. The number of hydrogen-bond donors (Lipinski definition) is 0. The first-order valence-corrected chi connectivity index (χ1v) is 22.5. The summed E-state index contributed by atoms with van der Waals surface area (Å²) in [6.07, 6.45) is 57.2. The van der Waals surface area contributed by atoms with Gasteiger partial charge >= 0.3 is 0 Å². The summed E-state index contributed by atoms with van der Waals surface area (Å²) < 4.78 is 0. The van der Waals surface area contributed by atoms with E-state index in [2.05, 4.69) is 209 Å². The van der Waals surface area contributed by atoms with Gasteiger partial charge in [0.2, 0.25) is 0 Å². The number of aliphatic imine (C=N–C) groups is 1. The van der Waals surface area contributed by atoms with Crippen molar-refractivity contribution in [1.82, 2.24) is 0 Å². The summed E-state index contributed by atoms with van der Waals surface area (Å²) in [5.41, 5.74) is 14.0. The molecule has 0 amide bonds. The molecule has 5 aliphatic carbocycles. The first kappa shape index (κ1) is 41.0. The van der Waals surface area contributed by atoms with Crippen molar-refractivity contribution in [3.63, 3.8) is 0 Å². The van der Waals surface area contributed by atoms with Crippen LogP contribution in [-0.2, 0) is 5.41 Å². The van der Waals surface area contributed by atoms with Crippen molar-refractivity contribution in [3.8, 4) is 0 Å². The SMILES string of the molecule is C=C1C(CCC)/C(=C/C=C\CC)CC1(c1ccccc1)c1ccccc1C1CC(/C=C(\C=C/C)C2=NC(C3=CC=CC=CC3)=CC(C3C=CC=C3)=CC2)=CC2C=CC=CC21. The van der Waals surface area contributed by atoms with Crippen LogP contribution in [0.15, 0.2) is 239 Å². The molecule has 1 aliphatic heterocycles. The predicted molar refractivity (Wildman–Crippen MR) is 258 cm³/mol. The molecule has 0 bridgehead atoms. The lowest BCUT2D eigenvalue weighted by molar-refractivity contribution is 0.412. The minimum Gasteiger partial charge on any atom is -0.252 e. The van der Waals surface area contributed by atoms with Gasteiger partial charge < -0.3 is 0 Å². The standard InChI is InChI=1S/C59H61N/c1-5-8-12-30-50-42-59(43(4)52(50)24-7-3,51-31-15-11-16-32-51)56-35-22-21-34-54(56)55-40-44(38-48-29-19-20-33-53(48)55)39-49(23-6-2)57-37-36-47(45-25-17-18-26-45)41-58(60-57)46-27-13-9-10-14-28-46/h6,8-23,25-27,29-36,38-39,41,45,48,52-53,55H,4-5,7,24,28,37,40,42H2,1-3H3/b12-8-,23-6-,49-39+,50-30+. The molecular formula is C59H61N. The Hall–Kier alpha value is -5.79. The monoisotopic (exact) mass is 783 g/mol. The Morgan fingerprint density at radius 2 is 1.68 bits per heavy atom. The number of rotatable bonds is 12. The minimum absolute atomic E-state index is 0.276. The summed E-state index contributed by atoms with van der Waals surface area (Å²) in [7, 11) is 0. The van der Waals surface area contributed by atoms with Gasteiger partial charge in [-0.2, -0.15) is 0 Å². The van der Waals surface area contributed by atoms with E-state index < -0.39 is 0 Å². The van der Waals surface area contributed by atoms with Crippen molar-refractivity contribution >= 4 is 5.71 Å². The number of allylic oxidation sites excluding steroid dienone is 28. The number of hydrogen-bond acceptors (Lipinski definition) is 1. The van der Waals surface area contributed by atoms with E-state index in [1.807, 2.05) is 0 Å². The largest absolute Gasteiger partial charge is 0.252 e. The van der Waals surface area contributed by atoms with Gasteiger partial charge in [0, 0.05) is 29.6 Å². The zero-order valence-electron chi connectivity index (χ0n) is 35.9. The highest BCUT2D eigenvalue weighted by molar-refractivity contribution is 6.05. The van der Waals surface area contributed by atoms with Crippen LogP contribution in [-0.4, -0.2) is 5.71 Å². The Morgan fingerprint density at radius 1 is 0.883 bits per heavy atom. The van der Waals surface area contributed by atoms with Crippen LogP contribution in [0.25, 0.3) is 0 Å². The van der Waals surface area contributed by atoms with Crippen LogP contribution in [0, 0.1) is 23.7 Å². The molecule has 0 aromatic heterocycles. The molecule has 2 aromatic carbocycles. The van der Waals surface area contributed by atoms with Crippen LogP contribution >= 0.6 is 0 Å². The smallest absolute Gasteiger partial charge is 0.0671 e. The second-order valence-corrected chi connectivity index (χ2v) is 17.1. The van der Waals surface area contributed by atoms with Crippen molar-refractivity contribution in [1.29, 1.82) is 0 Å². The quantitative estimate of drug-likeness (QED) is 0.150. The minimum atomic E-state index is -0.316. The van der Waals surface area contributed by atoms with Crippen LogP contribution < -0.4 is 0 Å². The fourth-order valence-corrected chi connectivity index (χ4v) is 10.5. The van der Waals surface area contributed by atoms with E-state index in [0.717, 1.165) is 56.4 Å². The lowest BCUT2D eigenvalue weighted by Gasteiger charge is -2.41. The lowest BCUT2D eigenvalue weighted by atomic mass is 9.62. The zero-order valence-corrected chi connectivity index (χ0v) is 35.9. The van der Waals surface area contributed by atoms with E-state index in [9.17, 15) is 0 Å². The van der Waals surface area contributed by atoms with Crippen LogP contribution in [0.4, 0.5) is 0 Å². The maximum Gasteiger partial charge on any atom is 0.0671 e. The van der Waals surface area contributed by atoms with Gasteiger partial charge in [0.15, 0.2) is 0 Å². The van der Waals surface area contributed by atoms with Gasteiger partial charge in [0.05, 0.1) is 11.4 Å². The molecule has 60 heavy (non-hydrogen) atoms. The molecule has 1 saturated carbocycles. The second-order valence-electron chi connectivity index (χ2n) is 17.1. The molecule has 5 atom stereocenters. The molecule has 0 N–H and O–H groups in total. The van der Waals surface area contributed by atoms with Crippen molar-refractivity contribution < 1.29 is 0 Å². The molecule has 1 nitrogen and oxygen atoms in total. The molecule has 6 aliphatic rings. The Labute approximate surface area is 360 Å². The van der Waals surface area contributed by atoms with Crippen LogP contribution in [0.1, 0.15) is 88.3 Å². The third kappa shape index (κ3) is 8.46. The summed E-state index contributed by atoms with van der Waals surface area (Å²) in [6, 6.07) is 20.7. The Bertz CT molecular complexity index is 2400. The van der Waals surface area contributed by atoms with Crippen LogP contribution in [0.3, 0.4) is 0 Å². The van der Waals surface area contributed by atoms with Gasteiger partial charge in [0.1, 0.15) is 0 Å². The maximum absolute atomic E-state index is 5.53. The Balaban J connectivity index is 1.22. The molecule has 0 spiro atoms. The molecule has 8 rings (SSSR count). The second kappa shape index (κ2) is 19.1. The molecular weight excluding hydrogens is 723 g/mol. The molecule has 5 unspecified atom stereocenters. The lowest BCUT2D eigenvalue weighted by Crippen LogP contribution is -2.31. The van der Waals surface area contributed by atoms with Gasteiger partial charge in [-0.3, -0.25) is 4.99 Å². The molecule has 1 heterocycles. The molecule has 0 saturated heterocycles. The topological polar surface area (TPSA) is 12.4 Å². The molecule has 1 heteroatoms. The summed E-state index contributed by atoms with van der Waals surface area (Å²) in [6.45, 7) is 11.7. The predicted octanol–water partition coefficient (Wildman–Crippen LogP) is 15.4. The van der Waals surface area contributed by atoms with E-state index in [4.69, 9.17) is 11.6 Å². The van der Waals surface area contributed by atoms with E-state index in [0.29, 0.717) is 17.8 Å². The van der Waals surface area contributed by atoms with Gasteiger partial charge in [-0.1, -0.05) is 226 Å². The highest BCUT2D eigenvalue weighted by Crippen LogP contribution is 2.58. The summed E-state index contributed by atoms with van der Waals surface area (Å²) in [4.78, 5) is 5.53. The van der Waals surface area contributed by atoms with E-state index in [1.54, 1.807) is 0 Å². The summed E-state index contributed by atoms with van der Waals surface area (Å²) >= 11 is 0.